The third-order valence-electron chi connectivity index (χ3n) is 4.61. The van der Waals surface area contributed by atoms with Gasteiger partial charge in [0, 0.05) is 31.2 Å². The van der Waals surface area contributed by atoms with Crippen LogP contribution in [0.15, 0.2) is 0 Å². The van der Waals surface area contributed by atoms with Crippen molar-refractivity contribution in [3.05, 3.63) is 0 Å². The molecule has 1 fully saturated rings. The second-order valence-corrected chi connectivity index (χ2v) is 7.07. The average molecular weight is 284 g/mol. The molecule has 0 aliphatic carbocycles. The van der Waals surface area contributed by atoms with Crippen molar-refractivity contribution in [1.82, 2.24) is 10.2 Å². The molecule has 1 aliphatic rings. The lowest BCUT2D eigenvalue weighted by Crippen LogP contribution is -2.50. The fourth-order valence-electron chi connectivity index (χ4n) is 3.43. The minimum absolute atomic E-state index is 0.310. The molecule has 0 amide bonds. The van der Waals surface area contributed by atoms with Crippen molar-refractivity contribution < 1.29 is 4.74 Å². The third-order valence-corrected chi connectivity index (χ3v) is 4.61. The van der Waals surface area contributed by atoms with E-state index in [4.69, 9.17) is 4.74 Å². The predicted molar refractivity (Wildman–Crippen MR) is 87.2 cm³/mol. The number of hydrogen-bond donors (Lipinski definition) is 1. The van der Waals surface area contributed by atoms with E-state index in [0.29, 0.717) is 17.4 Å². The van der Waals surface area contributed by atoms with Gasteiger partial charge in [-0.3, -0.25) is 0 Å². The van der Waals surface area contributed by atoms with Crippen LogP contribution in [0.3, 0.4) is 0 Å². The Morgan fingerprint density at radius 3 is 2.45 bits per heavy atom. The summed E-state index contributed by atoms with van der Waals surface area (Å²) in [4.78, 5) is 2.56. The monoisotopic (exact) mass is 284 g/mol. The van der Waals surface area contributed by atoms with E-state index in [0.717, 1.165) is 32.8 Å². The molecule has 1 heterocycles. The Kier molecular flexibility index (Phi) is 8.08. The molecule has 1 unspecified atom stereocenters. The quantitative estimate of drug-likeness (QED) is 0.704. The molecular weight excluding hydrogens is 248 g/mol. The zero-order valence-corrected chi connectivity index (χ0v) is 14.4. The van der Waals surface area contributed by atoms with Gasteiger partial charge in [0.25, 0.3) is 0 Å². The Hall–Kier alpha value is -0.120. The standard InChI is InChI=1S/C17H36N2O/c1-6-16(7-2)19(5)13-17(9-8-10-20-14-17)12-18-11-15(3)4/h15-16,18H,6-14H2,1-5H3. The lowest BCUT2D eigenvalue weighted by molar-refractivity contribution is -0.0289. The Morgan fingerprint density at radius 2 is 1.95 bits per heavy atom. The second-order valence-electron chi connectivity index (χ2n) is 7.07. The molecule has 1 atom stereocenters. The topological polar surface area (TPSA) is 24.5 Å². The van der Waals surface area contributed by atoms with E-state index in [2.05, 4.69) is 45.0 Å². The maximum atomic E-state index is 5.82. The Bertz CT molecular complexity index is 245. The molecule has 1 N–H and O–H groups in total. The smallest absolute Gasteiger partial charge is 0.0546 e. The molecule has 1 aliphatic heterocycles. The number of nitrogens with zero attached hydrogens (tertiary/aromatic N) is 1. The zero-order chi connectivity index (χ0) is 15.0. The predicted octanol–water partition coefficient (Wildman–Crippen LogP) is 3.15. The van der Waals surface area contributed by atoms with Crippen molar-refractivity contribution in [3.63, 3.8) is 0 Å². The van der Waals surface area contributed by atoms with Gasteiger partial charge in [-0.15, -0.1) is 0 Å². The van der Waals surface area contributed by atoms with Gasteiger partial charge in [-0.05, 0) is 45.2 Å². The SMILES string of the molecule is CCC(CC)N(C)CC1(CNCC(C)C)CCCOC1. The summed E-state index contributed by atoms with van der Waals surface area (Å²) in [5.41, 5.74) is 0.310. The summed E-state index contributed by atoms with van der Waals surface area (Å²) in [6.07, 6.45) is 4.98. The molecule has 1 saturated heterocycles. The Balaban J connectivity index is 2.58. The van der Waals surface area contributed by atoms with E-state index in [-0.39, 0.29) is 0 Å². The molecule has 0 radical (unpaired) electrons. The van der Waals surface area contributed by atoms with Gasteiger partial charge in [-0.25, -0.2) is 0 Å². The average Bonchev–Trinajstić information content (AvgIpc) is 2.40. The van der Waals surface area contributed by atoms with Crippen LogP contribution in [0.5, 0.6) is 0 Å². The molecule has 0 saturated carbocycles. The maximum absolute atomic E-state index is 5.82. The van der Waals surface area contributed by atoms with Crippen LogP contribution in [0, 0.1) is 11.3 Å². The maximum Gasteiger partial charge on any atom is 0.0546 e. The molecule has 3 heteroatoms. The van der Waals surface area contributed by atoms with Crippen molar-refractivity contribution >= 4 is 0 Å². The molecule has 0 aromatic carbocycles. The lowest BCUT2D eigenvalue weighted by atomic mass is 9.81. The van der Waals surface area contributed by atoms with Gasteiger partial charge in [0.1, 0.15) is 0 Å². The summed E-state index contributed by atoms with van der Waals surface area (Å²) in [6.45, 7) is 14.4. The van der Waals surface area contributed by atoms with Crippen molar-refractivity contribution in [2.45, 2.75) is 59.4 Å². The first-order chi connectivity index (χ1) is 9.53. The highest BCUT2D eigenvalue weighted by Crippen LogP contribution is 2.30. The summed E-state index contributed by atoms with van der Waals surface area (Å²) in [7, 11) is 2.29. The van der Waals surface area contributed by atoms with E-state index >= 15 is 0 Å². The van der Waals surface area contributed by atoms with Gasteiger partial charge in [-0.1, -0.05) is 27.7 Å². The molecule has 0 bridgehead atoms. The Labute approximate surface area is 126 Å². The fourth-order valence-corrected chi connectivity index (χ4v) is 3.43. The van der Waals surface area contributed by atoms with Crippen LogP contribution in [0.4, 0.5) is 0 Å². The van der Waals surface area contributed by atoms with Gasteiger partial charge in [0.05, 0.1) is 6.61 Å². The second kappa shape index (κ2) is 9.01. The van der Waals surface area contributed by atoms with E-state index in [1.165, 1.54) is 25.7 Å². The van der Waals surface area contributed by atoms with Gasteiger partial charge in [0.2, 0.25) is 0 Å². The van der Waals surface area contributed by atoms with Crippen LogP contribution in [-0.2, 0) is 4.74 Å². The summed E-state index contributed by atoms with van der Waals surface area (Å²) in [5.74, 6) is 0.716. The minimum atomic E-state index is 0.310. The first-order valence-electron chi connectivity index (χ1n) is 8.51. The van der Waals surface area contributed by atoms with Crippen molar-refractivity contribution in [3.8, 4) is 0 Å². The molecular formula is C17H36N2O. The van der Waals surface area contributed by atoms with E-state index in [1.54, 1.807) is 0 Å². The molecule has 0 spiro atoms. The fraction of sp³-hybridized carbons (Fsp3) is 1.00. The van der Waals surface area contributed by atoms with Crippen LogP contribution in [-0.4, -0.2) is 50.8 Å². The van der Waals surface area contributed by atoms with Crippen molar-refractivity contribution in [2.75, 3.05) is 39.9 Å². The number of nitrogens with one attached hydrogen (secondary N) is 1. The van der Waals surface area contributed by atoms with Crippen LogP contribution in [0.25, 0.3) is 0 Å². The highest BCUT2D eigenvalue weighted by Gasteiger charge is 2.34. The number of hydrogen-bond acceptors (Lipinski definition) is 3. The van der Waals surface area contributed by atoms with Crippen molar-refractivity contribution in [1.29, 1.82) is 0 Å². The van der Waals surface area contributed by atoms with Crippen molar-refractivity contribution in [2.24, 2.45) is 11.3 Å². The van der Waals surface area contributed by atoms with E-state index < -0.39 is 0 Å². The first-order valence-corrected chi connectivity index (χ1v) is 8.51. The third kappa shape index (κ3) is 5.71. The number of ether oxygens (including phenoxy) is 1. The van der Waals surface area contributed by atoms with Crippen LogP contribution < -0.4 is 5.32 Å². The minimum Gasteiger partial charge on any atom is -0.381 e. The molecule has 3 nitrogen and oxygen atoms in total. The molecule has 120 valence electrons. The summed E-state index contributed by atoms with van der Waals surface area (Å²) in [6, 6.07) is 0.707. The molecule has 0 aromatic rings. The Morgan fingerprint density at radius 1 is 1.25 bits per heavy atom. The zero-order valence-electron chi connectivity index (χ0n) is 14.4. The summed E-state index contributed by atoms with van der Waals surface area (Å²) >= 11 is 0. The largest absolute Gasteiger partial charge is 0.381 e. The van der Waals surface area contributed by atoms with Gasteiger partial charge >= 0.3 is 0 Å². The van der Waals surface area contributed by atoms with Crippen LogP contribution in [0.2, 0.25) is 0 Å². The van der Waals surface area contributed by atoms with Gasteiger partial charge in [-0.2, -0.15) is 0 Å². The van der Waals surface area contributed by atoms with Crippen LogP contribution >= 0.6 is 0 Å². The first kappa shape index (κ1) is 17.9. The summed E-state index contributed by atoms with van der Waals surface area (Å²) < 4.78 is 5.82. The normalized spacial score (nSPS) is 24.0. The molecule has 0 aromatic heterocycles. The van der Waals surface area contributed by atoms with Crippen LogP contribution in [0.1, 0.15) is 53.4 Å². The van der Waals surface area contributed by atoms with E-state index in [9.17, 15) is 0 Å². The number of rotatable bonds is 9. The van der Waals surface area contributed by atoms with Gasteiger partial charge < -0.3 is 15.0 Å². The van der Waals surface area contributed by atoms with E-state index in [1.807, 2.05) is 0 Å². The molecule has 20 heavy (non-hydrogen) atoms. The molecule has 1 rings (SSSR count). The highest BCUT2D eigenvalue weighted by atomic mass is 16.5. The summed E-state index contributed by atoms with van der Waals surface area (Å²) in [5, 5.41) is 3.67. The lowest BCUT2D eigenvalue weighted by Gasteiger charge is -2.42. The highest BCUT2D eigenvalue weighted by molar-refractivity contribution is 4.88. The van der Waals surface area contributed by atoms with Gasteiger partial charge in [0.15, 0.2) is 0 Å².